The quantitative estimate of drug-likeness (QED) is 0.220. The summed E-state index contributed by atoms with van der Waals surface area (Å²) in [6, 6.07) is 9.64. The third-order valence-corrected chi connectivity index (χ3v) is 3.50. The van der Waals surface area contributed by atoms with Gasteiger partial charge in [-0.25, -0.2) is 0 Å². The van der Waals surface area contributed by atoms with Gasteiger partial charge in [-0.05, 0) is 25.8 Å². The molecular formula is C19H23NO6. The second-order valence-electron chi connectivity index (χ2n) is 5.41. The fraction of sp³-hybridized carbons (Fsp3) is 0.474. The van der Waals surface area contributed by atoms with Crippen molar-refractivity contribution in [2.24, 2.45) is 11.8 Å². The van der Waals surface area contributed by atoms with Gasteiger partial charge < -0.3 is 9.47 Å². The van der Waals surface area contributed by atoms with E-state index < -0.39 is 35.2 Å². The van der Waals surface area contributed by atoms with Crippen LogP contribution < -0.4 is 0 Å². The molecule has 1 aromatic rings. The first-order chi connectivity index (χ1) is 12.5. The second kappa shape index (κ2) is 11.6. The minimum Gasteiger partial charge on any atom is -0.465 e. The van der Waals surface area contributed by atoms with Gasteiger partial charge in [-0.2, -0.15) is 0 Å². The smallest absolute Gasteiger partial charge is 0.321 e. The Morgan fingerprint density at radius 3 is 2.19 bits per heavy atom. The lowest BCUT2D eigenvalue weighted by molar-refractivity contribution is -0.486. The van der Waals surface area contributed by atoms with Crippen LogP contribution in [0.3, 0.4) is 0 Å². The fourth-order valence-electron chi connectivity index (χ4n) is 2.34. The van der Waals surface area contributed by atoms with Gasteiger partial charge in [0.1, 0.15) is 5.92 Å². The van der Waals surface area contributed by atoms with Crippen molar-refractivity contribution in [3.63, 3.8) is 0 Å². The molecular weight excluding hydrogens is 338 g/mol. The maximum absolute atomic E-state index is 12.1. The summed E-state index contributed by atoms with van der Waals surface area (Å²) < 4.78 is 9.76. The third-order valence-electron chi connectivity index (χ3n) is 3.50. The van der Waals surface area contributed by atoms with Gasteiger partial charge in [-0.1, -0.05) is 36.3 Å². The lowest BCUT2D eigenvalue weighted by Gasteiger charge is -2.17. The molecule has 0 N–H and O–H groups in total. The largest absolute Gasteiger partial charge is 0.465 e. The number of hydrogen-bond acceptors (Lipinski definition) is 6. The van der Waals surface area contributed by atoms with Gasteiger partial charge in [0, 0.05) is 11.3 Å². The van der Waals surface area contributed by atoms with Gasteiger partial charge in [0.15, 0.2) is 5.92 Å². The molecule has 26 heavy (non-hydrogen) atoms. The first-order valence-electron chi connectivity index (χ1n) is 8.46. The van der Waals surface area contributed by atoms with Gasteiger partial charge in [0.25, 0.3) is 0 Å². The van der Waals surface area contributed by atoms with Crippen LogP contribution in [0.25, 0.3) is 0 Å². The van der Waals surface area contributed by atoms with Crippen molar-refractivity contribution in [2.75, 3.05) is 19.8 Å². The van der Waals surface area contributed by atoms with Crippen LogP contribution in [0, 0.1) is 33.8 Å². The molecule has 7 nitrogen and oxygen atoms in total. The van der Waals surface area contributed by atoms with Crippen molar-refractivity contribution < 1.29 is 24.0 Å². The Balaban J connectivity index is 2.92. The van der Waals surface area contributed by atoms with Gasteiger partial charge in [0.2, 0.25) is 6.54 Å². The van der Waals surface area contributed by atoms with Gasteiger partial charge >= 0.3 is 11.9 Å². The van der Waals surface area contributed by atoms with Crippen LogP contribution in [0.2, 0.25) is 0 Å². The molecule has 0 amide bonds. The van der Waals surface area contributed by atoms with Crippen LogP contribution in [0.5, 0.6) is 0 Å². The molecule has 0 aliphatic rings. The Morgan fingerprint density at radius 1 is 1.12 bits per heavy atom. The van der Waals surface area contributed by atoms with Crippen molar-refractivity contribution in [3.05, 3.63) is 46.0 Å². The Morgan fingerprint density at radius 2 is 1.69 bits per heavy atom. The Labute approximate surface area is 152 Å². The average Bonchev–Trinajstić information content (AvgIpc) is 2.59. The molecule has 1 rings (SSSR count). The lowest BCUT2D eigenvalue weighted by atomic mass is 9.92. The molecule has 0 heterocycles. The highest BCUT2D eigenvalue weighted by molar-refractivity contribution is 5.95. The van der Waals surface area contributed by atoms with E-state index in [4.69, 9.17) is 9.47 Å². The summed E-state index contributed by atoms with van der Waals surface area (Å²) in [6.07, 6.45) is 1.12. The van der Waals surface area contributed by atoms with Crippen molar-refractivity contribution in [1.29, 1.82) is 0 Å². The molecule has 0 bridgehead atoms. The monoisotopic (exact) mass is 361 g/mol. The van der Waals surface area contributed by atoms with E-state index in [9.17, 15) is 19.7 Å². The van der Waals surface area contributed by atoms with Crippen molar-refractivity contribution in [2.45, 2.75) is 26.7 Å². The minimum absolute atomic E-state index is 0.0569. The second-order valence-corrected chi connectivity index (χ2v) is 5.41. The molecule has 1 atom stereocenters. The SMILES string of the molecule is CCOC(=O)C(C(=O)OCC)[C@H](C#CCCc1ccccc1)C[N+](=O)[O-]. The zero-order valence-electron chi connectivity index (χ0n) is 15.0. The van der Waals surface area contributed by atoms with E-state index in [-0.39, 0.29) is 13.2 Å². The minimum atomic E-state index is -1.43. The topological polar surface area (TPSA) is 95.7 Å². The molecule has 0 aliphatic heterocycles. The lowest BCUT2D eigenvalue weighted by Crippen LogP contribution is -2.37. The first kappa shape index (κ1) is 21.2. The van der Waals surface area contributed by atoms with Crippen molar-refractivity contribution in [1.82, 2.24) is 0 Å². The highest BCUT2D eigenvalue weighted by Gasteiger charge is 2.39. The number of ether oxygens (including phenoxy) is 2. The van der Waals surface area contributed by atoms with E-state index >= 15 is 0 Å². The molecule has 0 spiro atoms. The summed E-state index contributed by atoms with van der Waals surface area (Å²) in [5, 5.41) is 11.0. The summed E-state index contributed by atoms with van der Waals surface area (Å²) in [7, 11) is 0. The molecule has 0 radical (unpaired) electrons. The Hall–Kier alpha value is -2.88. The maximum Gasteiger partial charge on any atom is 0.321 e. The van der Waals surface area contributed by atoms with Crippen LogP contribution in [0.1, 0.15) is 25.8 Å². The van der Waals surface area contributed by atoms with E-state index in [1.165, 1.54) is 0 Å². The molecule has 140 valence electrons. The van der Waals surface area contributed by atoms with Crippen molar-refractivity contribution >= 4 is 11.9 Å². The van der Waals surface area contributed by atoms with E-state index in [2.05, 4.69) is 11.8 Å². The molecule has 0 aromatic heterocycles. The van der Waals surface area contributed by atoms with Crippen molar-refractivity contribution in [3.8, 4) is 11.8 Å². The summed E-state index contributed by atoms with van der Waals surface area (Å²) in [4.78, 5) is 34.6. The third kappa shape index (κ3) is 7.34. The summed E-state index contributed by atoms with van der Waals surface area (Å²) >= 11 is 0. The van der Waals surface area contributed by atoms with Gasteiger partial charge in [0.05, 0.1) is 13.2 Å². The molecule has 0 fully saturated rings. The first-order valence-corrected chi connectivity index (χ1v) is 8.46. The van der Waals surface area contributed by atoms with Crippen LogP contribution in [-0.2, 0) is 25.5 Å². The standard InChI is InChI=1S/C19H23NO6/c1-3-25-18(21)17(19(22)26-4-2)16(14-20(23)24)13-9-8-12-15-10-6-5-7-11-15/h5-7,10-11,16-17H,3-4,8,12,14H2,1-2H3/t16-/m1/s1. The molecule has 0 saturated carbocycles. The predicted molar refractivity (Wildman–Crippen MR) is 94.6 cm³/mol. The number of esters is 2. The predicted octanol–water partition coefficient (Wildman–Crippen LogP) is 2.26. The van der Waals surface area contributed by atoms with E-state index in [0.29, 0.717) is 12.8 Å². The van der Waals surface area contributed by atoms with E-state index in [0.717, 1.165) is 5.56 Å². The summed E-state index contributed by atoms with van der Waals surface area (Å²) in [5.41, 5.74) is 1.08. The average molecular weight is 361 g/mol. The van der Waals surface area contributed by atoms with Crippen LogP contribution in [0.4, 0.5) is 0 Å². The Bertz CT molecular complexity index is 644. The van der Waals surface area contributed by atoms with E-state index in [1.54, 1.807) is 13.8 Å². The number of hydrogen-bond donors (Lipinski definition) is 0. The number of aryl methyl sites for hydroxylation is 1. The van der Waals surface area contributed by atoms with E-state index in [1.807, 2.05) is 30.3 Å². The zero-order valence-corrected chi connectivity index (χ0v) is 15.0. The van der Waals surface area contributed by atoms with Crippen LogP contribution in [-0.4, -0.2) is 36.6 Å². The summed E-state index contributed by atoms with van der Waals surface area (Å²) in [5.74, 6) is 1.32. The highest BCUT2D eigenvalue weighted by Crippen LogP contribution is 2.17. The number of nitro groups is 1. The van der Waals surface area contributed by atoms with Gasteiger partial charge in [-0.15, -0.1) is 5.92 Å². The number of carbonyl (C=O) groups excluding carboxylic acids is 2. The van der Waals surface area contributed by atoms with Crippen LogP contribution >= 0.6 is 0 Å². The molecule has 7 heteroatoms. The molecule has 0 saturated heterocycles. The molecule has 0 unspecified atom stereocenters. The number of rotatable bonds is 9. The fourth-order valence-corrected chi connectivity index (χ4v) is 2.34. The number of benzene rings is 1. The van der Waals surface area contributed by atoms with Gasteiger partial charge in [-0.3, -0.25) is 19.7 Å². The summed E-state index contributed by atoms with van der Waals surface area (Å²) in [6.45, 7) is 2.66. The molecule has 1 aromatic carbocycles. The number of nitrogens with zero attached hydrogens (tertiary/aromatic N) is 1. The Kier molecular flexibility index (Phi) is 9.47. The van der Waals surface area contributed by atoms with Crippen LogP contribution in [0.15, 0.2) is 30.3 Å². The zero-order chi connectivity index (χ0) is 19.4. The highest BCUT2D eigenvalue weighted by atomic mass is 16.6. The number of carbonyl (C=O) groups is 2. The maximum atomic E-state index is 12.1. The molecule has 0 aliphatic carbocycles. The normalized spacial score (nSPS) is 11.2.